The van der Waals surface area contributed by atoms with Gasteiger partial charge in [0.25, 0.3) is 0 Å². The van der Waals surface area contributed by atoms with Gasteiger partial charge in [0.05, 0.1) is 0 Å². The maximum Gasteiger partial charge on any atom is 0.179 e. The van der Waals surface area contributed by atoms with Crippen LogP contribution in [0.5, 0.6) is 0 Å². The average Bonchev–Trinajstić information content (AvgIpc) is 2.52. The highest BCUT2D eigenvalue weighted by atomic mass is 15.0. The molecule has 104 valence electrons. The topological polar surface area (TPSA) is 85.4 Å². The molecule has 0 aliphatic rings. The normalized spacial score (nSPS) is 9.71. The summed E-state index contributed by atoms with van der Waals surface area (Å²) in [5.74, 6) is 0.540. The molecule has 1 aromatic carbocycles. The van der Waals surface area contributed by atoms with E-state index in [0.29, 0.717) is 11.5 Å². The molecule has 21 heavy (non-hydrogen) atoms. The molecular weight excluding hydrogens is 262 g/mol. The molecule has 0 spiro atoms. The number of nitrogens with zero attached hydrogens (tertiary/aromatic N) is 4. The monoisotopic (exact) mass is 277 g/mol. The van der Waals surface area contributed by atoms with Crippen LogP contribution in [0.25, 0.3) is 11.3 Å². The van der Waals surface area contributed by atoms with E-state index >= 15 is 0 Å². The van der Waals surface area contributed by atoms with Crippen molar-refractivity contribution in [3.8, 4) is 23.4 Å². The van der Waals surface area contributed by atoms with Crippen molar-refractivity contribution in [2.45, 2.75) is 20.3 Å². The van der Waals surface area contributed by atoms with Gasteiger partial charge in [0.1, 0.15) is 17.8 Å². The first-order valence-corrected chi connectivity index (χ1v) is 6.72. The van der Waals surface area contributed by atoms with Crippen LogP contribution in [-0.2, 0) is 0 Å². The van der Waals surface area contributed by atoms with Crippen molar-refractivity contribution >= 4 is 5.82 Å². The Kier molecular flexibility index (Phi) is 4.48. The maximum absolute atomic E-state index is 9.12. The Morgan fingerprint density at radius 2 is 1.86 bits per heavy atom. The smallest absolute Gasteiger partial charge is 0.179 e. The molecule has 5 nitrogen and oxygen atoms in total. The third-order valence-corrected chi connectivity index (χ3v) is 2.94. The predicted molar refractivity (Wildman–Crippen MR) is 80.4 cm³/mol. The number of nitriles is 2. The molecule has 0 aliphatic carbocycles. The van der Waals surface area contributed by atoms with E-state index in [0.717, 1.165) is 24.1 Å². The molecule has 0 fully saturated rings. The van der Waals surface area contributed by atoms with Crippen molar-refractivity contribution in [1.29, 1.82) is 10.5 Å². The molecule has 2 rings (SSSR count). The summed E-state index contributed by atoms with van der Waals surface area (Å²) in [5, 5.41) is 21.4. The molecule has 0 atom stereocenters. The largest absolute Gasteiger partial charge is 0.368 e. The lowest BCUT2D eigenvalue weighted by molar-refractivity contribution is 0.962. The first-order valence-electron chi connectivity index (χ1n) is 6.72. The molecule has 0 bridgehead atoms. The summed E-state index contributed by atoms with van der Waals surface area (Å²) >= 11 is 0. The standard InChI is InChI=1S/C16H15N5/c1-3-7-19-16-15(12-6-4-5-11(2)8-12)20-13(9-17)14(10-18)21-16/h4-6,8H,3,7H2,1-2H3,(H,19,21). The fourth-order valence-electron chi connectivity index (χ4n) is 1.95. The summed E-state index contributed by atoms with van der Waals surface area (Å²) in [6.45, 7) is 4.76. The van der Waals surface area contributed by atoms with Gasteiger partial charge in [-0.3, -0.25) is 0 Å². The van der Waals surface area contributed by atoms with E-state index in [-0.39, 0.29) is 11.4 Å². The molecule has 0 aliphatic heterocycles. The molecular formula is C16H15N5. The Labute approximate surface area is 123 Å². The zero-order valence-electron chi connectivity index (χ0n) is 12.0. The highest BCUT2D eigenvalue weighted by Gasteiger charge is 2.14. The van der Waals surface area contributed by atoms with E-state index in [9.17, 15) is 0 Å². The van der Waals surface area contributed by atoms with Gasteiger partial charge in [-0.25, -0.2) is 9.97 Å². The third-order valence-electron chi connectivity index (χ3n) is 2.94. The van der Waals surface area contributed by atoms with E-state index in [1.165, 1.54) is 0 Å². The summed E-state index contributed by atoms with van der Waals surface area (Å²) in [4.78, 5) is 8.57. The zero-order chi connectivity index (χ0) is 15.2. The number of nitrogens with one attached hydrogen (secondary N) is 1. The first-order chi connectivity index (χ1) is 10.2. The molecule has 1 aromatic heterocycles. The number of hydrogen-bond acceptors (Lipinski definition) is 5. The number of aromatic nitrogens is 2. The molecule has 0 amide bonds. The van der Waals surface area contributed by atoms with Crippen LogP contribution in [-0.4, -0.2) is 16.5 Å². The minimum atomic E-state index is 0.0486. The average molecular weight is 277 g/mol. The van der Waals surface area contributed by atoms with Gasteiger partial charge in [0.2, 0.25) is 0 Å². The first kappa shape index (κ1) is 14.5. The molecule has 1 heterocycles. The van der Waals surface area contributed by atoms with Crippen molar-refractivity contribution < 1.29 is 0 Å². The Bertz CT molecular complexity index is 737. The minimum Gasteiger partial charge on any atom is -0.368 e. The Morgan fingerprint density at radius 3 is 2.48 bits per heavy atom. The molecule has 0 saturated heterocycles. The quantitative estimate of drug-likeness (QED) is 0.928. The number of rotatable bonds is 4. The highest BCUT2D eigenvalue weighted by molar-refractivity contribution is 5.73. The van der Waals surface area contributed by atoms with Gasteiger partial charge >= 0.3 is 0 Å². The van der Waals surface area contributed by atoms with Crippen LogP contribution in [0.1, 0.15) is 30.3 Å². The second kappa shape index (κ2) is 6.49. The van der Waals surface area contributed by atoms with E-state index in [1.807, 2.05) is 50.3 Å². The highest BCUT2D eigenvalue weighted by Crippen LogP contribution is 2.26. The van der Waals surface area contributed by atoms with Gasteiger partial charge in [-0.2, -0.15) is 10.5 Å². The van der Waals surface area contributed by atoms with Crippen molar-refractivity contribution in [3.05, 3.63) is 41.2 Å². The summed E-state index contributed by atoms with van der Waals surface area (Å²) in [5.41, 5.74) is 2.67. The molecule has 0 unspecified atom stereocenters. The van der Waals surface area contributed by atoms with Gasteiger partial charge in [0.15, 0.2) is 17.2 Å². The van der Waals surface area contributed by atoms with Gasteiger partial charge in [0, 0.05) is 12.1 Å². The summed E-state index contributed by atoms with van der Waals surface area (Å²) in [6.07, 6.45) is 0.927. The van der Waals surface area contributed by atoms with Crippen LogP contribution in [0, 0.1) is 29.6 Å². The van der Waals surface area contributed by atoms with E-state index < -0.39 is 0 Å². The van der Waals surface area contributed by atoms with Gasteiger partial charge < -0.3 is 5.32 Å². The van der Waals surface area contributed by atoms with Crippen molar-refractivity contribution in [1.82, 2.24) is 9.97 Å². The molecule has 5 heteroatoms. The Balaban J connectivity index is 2.62. The van der Waals surface area contributed by atoms with Gasteiger partial charge in [-0.1, -0.05) is 30.7 Å². The summed E-state index contributed by atoms with van der Waals surface area (Å²) < 4.78 is 0. The Hall–Kier alpha value is -2.92. The van der Waals surface area contributed by atoms with E-state index in [1.54, 1.807) is 0 Å². The number of anilines is 1. The van der Waals surface area contributed by atoms with Gasteiger partial charge in [-0.15, -0.1) is 0 Å². The fourth-order valence-corrected chi connectivity index (χ4v) is 1.95. The summed E-state index contributed by atoms with van der Waals surface area (Å²) in [6, 6.07) is 11.7. The van der Waals surface area contributed by atoms with Crippen molar-refractivity contribution in [2.75, 3.05) is 11.9 Å². The Morgan fingerprint density at radius 1 is 1.14 bits per heavy atom. The van der Waals surface area contributed by atoms with Crippen LogP contribution >= 0.6 is 0 Å². The molecule has 0 saturated carbocycles. The van der Waals surface area contributed by atoms with E-state index in [2.05, 4.69) is 15.3 Å². The van der Waals surface area contributed by atoms with Crippen molar-refractivity contribution in [2.24, 2.45) is 0 Å². The molecule has 2 aromatic rings. The predicted octanol–water partition coefficient (Wildman–Crippen LogP) is 3.02. The van der Waals surface area contributed by atoms with E-state index in [4.69, 9.17) is 10.5 Å². The zero-order valence-corrected chi connectivity index (χ0v) is 12.0. The lowest BCUT2D eigenvalue weighted by Crippen LogP contribution is -2.08. The van der Waals surface area contributed by atoms with Crippen LogP contribution in [0.15, 0.2) is 24.3 Å². The number of hydrogen-bond donors (Lipinski definition) is 1. The van der Waals surface area contributed by atoms with Crippen LogP contribution in [0.2, 0.25) is 0 Å². The molecule has 1 N–H and O–H groups in total. The van der Waals surface area contributed by atoms with Gasteiger partial charge in [-0.05, 0) is 19.4 Å². The van der Waals surface area contributed by atoms with Crippen LogP contribution in [0.4, 0.5) is 5.82 Å². The lowest BCUT2D eigenvalue weighted by Gasteiger charge is -2.11. The fraction of sp³-hybridized carbons (Fsp3) is 0.250. The van der Waals surface area contributed by atoms with Crippen LogP contribution in [0.3, 0.4) is 0 Å². The number of benzene rings is 1. The lowest BCUT2D eigenvalue weighted by atomic mass is 10.1. The minimum absolute atomic E-state index is 0.0486. The SMILES string of the molecule is CCCNc1nc(C#N)c(C#N)nc1-c1cccc(C)c1. The van der Waals surface area contributed by atoms with Crippen molar-refractivity contribution in [3.63, 3.8) is 0 Å². The third kappa shape index (κ3) is 3.16. The second-order valence-electron chi connectivity index (χ2n) is 4.64. The number of aryl methyl sites for hydroxylation is 1. The second-order valence-corrected chi connectivity index (χ2v) is 4.64. The van der Waals surface area contributed by atoms with Crippen LogP contribution < -0.4 is 5.32 Å². The maximum atomic E-state index is 9.12. The summed E-state index contributed by atoms with van der Waals surface area (Å²) in [7, 11) is 0. The molecule has 0 radical (unpaired) electrons.